The summed E-state index contributed by atoms with van der Waals surface area (Å²) in [4.78, 5) is 0. The highest BCUT2D eigenvalue weighted by atomic mass is 16.5. The number of nitrogens with zero attached hydrogens (tertiary/aromatic N) is 1. The Labute approximate surface area is 93.1 Å². The summed E-state index contributed by atoms with van der Waals surface area (Å²) in [7, 11) is 0. The van der Waals surface area contributed by atoms with Crippen LogP contribution in [-0.2, 0) is 4.74 Å². The second kappa shape index (κ2) is 8.70. The third kappa shape index (κ3) is 7.35. The number of hydrogen-bond donors (Lipinski definition) is 1. The lowest BCUT2D eigenvalue weighted by molar-refractivity contribution is -0.0138. The maximum Gasteiger partial charge on any atom is 0.151 e. The van der Waals surface area contributed by atoms with Crippen LogP contribution in [0.5, 0.6) is 0 Å². The standard InChI is InChI=1S/C12H23NO2/c1-3-4-5-6-7-8-12(2,11-13)15-10-9-14/h14H,3-10H2,1-2H3. The van der Waals surface area contributed by atoms with Crippen LogP contribution in [0.4, 0.5) is 0 Å². The van der Waals surface area contributed by atoms with Crippen LogP contribution in [0.2, 0.25) is 0 Å². The highest BCUT2D eigenvalue weighted by Gasteiger charge is 2.23. The van der Waals surface area contributed by atoms with E-state index in [1.165, 1.54) is 19.3 Å². The quantitative estimate of drug-likeness (QED) is 0.599. The summed E-state index contributed by atoms with van der Waals surface area (Å²) in [5, 5.41) is 17.6. The van der Waals surface area contributed by atoms with Gasteiger partial charge in [-0.1, -0.05) is 32.6 Å². The van der Waals surface area contributed by atoms with Crippen molar-refractivity contribution in [3.63, 3.8) is 0 Å². The number of hydrogen-bond acceptors (Lipinski definition) is 3. The first kappa shape index (κ1) is 14.4. The molecule has 0 heterocycles. The molecule has 0 bridgehead atoms. The third-order valence-corrected chi connectivity index (χ3v) is 2.51. The highest BCUT2D eigenvalue weighted by molar-refractivity contribution is 4.97. The van der Waals surface area contributed by atoms with Gasteiger partial charge >= 0.3 is 0 Å². The van der Waals surface area contributed by atoms with Crippen LogP contribution in [0, 0.1) is 11.3 Å². The van der Waals surface area contributed by atoms with Crippen molar-refractivity contribution in [3.8, 4) is 6.07 Å². The summed E-state index contributed by atoms with van der Waals surface area (Å²) < 4.78 is 5.32. The molecule has 0 amide bonds. The largest absolute Gasteiger partial charge is 0.394 e. The Balaban J connectivity index is 3.64. The average molecular weight is 213 g/mol. The van der Waals surface area contributed by atoms with Gasteiger partial charge in [0, 0.05) is 0 Å². The molecule has 0 rings (SSSR count). The fraction of sp³-hybridized carbons (Fsp3) is 0.917. The maximum atomic E-state index is 8.96. The minimum atomic E-state index is -0.713. The molecule has 0 aliphatic heterocycles. The Morgan fingerprint density at radius 2 is 1.93 bits per heavy atom. The highest BCUT2D eigenvalue weighted by Crippen LogP contribution is 2.18. The van der Waals surface area contributed by atoms with Gasteiger partial charge in [-0.15, -0.1) is 0 Å². The maximum absolute atomic E-state index is 8.96. The summed E-state index contributed by atoms with van der Waals surface area (Å²) in [6.07, 6.45) is 6.67. The van der Waals surface area contributed by atoms with Gasteiger partial charge in [0.05, 0.1) is 19.3 Å². The predicted molar refractivity (Wildman–Crippen MR) is 60.4 cm³/mol. The fourth-order valence-corrected chi connectivity index (χ4v) is 1.50. The number of unbranched alkanes of at least 4 members (excludes halogenated alkanes) is 4. The Hall–Kier alpha value is -0.590. The van der Waals surface area contributed by atoms with E-state index < -0.39 is 5.60 Å². The molecule has 0 aromatic carbocycles. The Morgan fingerprint density at radius 3 is 2.47 bits per heavy atom. The second-order valence-corrected chi connectivity index (χ2v) is 4.08. The number of ether oxygens (including phenoxy) is 1. The van der Waals surface area contributed by atoms with Gasteiger partial charge in [-0.3, -0.25) is 0 Å². The van der Waals surface area contributed by atoms with E-state index in [-0.39, 0.29) is 13.2 Å². The first-order valence-electron chi connectivity index (χ1n) is 5.84. The van der Waals surface area contributed by atoms with Gasteiger partial charge in [-0.05, 0) is 19.8 Å². The molecular weight excluding hydrogens is 190 g/mol. The molecule has 15 heavy (non-hydrogen) atoms. The Kier molecular flexibility index (Phi) is 8.35. The molecule has 3 nitrogen and oxygen atoms in total. The van der Waals surface area contributed by atoms with Gasteiger partial charge in [0.15, 0.2) is 5.60 Å². The zero-order chi connectivity index (χ0) is 11.6. The molecule has 0 aromatic rings. The smallest absolute Gasteiger partial charge is 0.151 e. The molecule has 0 spiro atoms. The predicted octanol–water partition coefficient (Wildman–Crippen LogP) is 2.64. The van der Waals surface area contributed by atoms with Gasteiger partial charge in [0.25, 0.3) is 0 Å². The van der Waals surface area contributed by atoms with Gasteiger partial charge in [0.2, 0.25) is 0 Å². The van der Waals surface area contributed by atoms with Crippen LogP contribution in [0.15, 0.2) is 0 Å². The third-order valence-electron chi connectivity index (χ3n) is 2.51. The molecule has 0 saturated heterocycles. The lowest BCUT2D eigenvalue weighted by atomic mass is 9.99. The van der Waals surface area contributed by atoms with E-state index in [1.54, 1.807) is 6.92 Å². The van der Waals surface area contributed by atoms with Crippen molar-refractivity contribution in [2.75, 3.05) is 13.2 Å². The molecule has 0 aliphatic rings. The summed E-state index contributed by atoms with van der Waals surface area (Å²) >= 11 is 0. The molecule has 0 fully saturated rings. The molecule has 0 aliphatic carbocycles. The van der Waals surface area contributed by atoms with E-state index in [0.29, 0.717) is 0 Å². The van der Waals surface area contributed by atoms with Crippen LogP contribution < -0.4 is 0 Å². The van der Waals surface area contributed by atoms with Crippen LogP contribution in [0.3, 0.4) is 0 Å². The Morgan fingerprint density at radius 1 is 1.27 bits per heavy atom. The summed E-state index contributed by atoms with van der Waals surface area (Å²) in [6, 6.07) is 2.17. The summed E-state index contributed by atoms with van der Waals surface area (Å²) in [5.41, 5.74) is -0.713. The fourth-order valence-electron chi connectivity index (χ4n) is 1.50. The molecule has 88 valence electrons. The first-order chi connectivity index (χ1) is 7.18. The molecule has 0 saturated carbocycles. The normalized spacial score (nSPS) is 14.5. The number of aliphatic hydroxyl groups excluding tert-OH is 1. The van der Waals surface area contributed by atoms with E-state index in [9.17, 15) is 0 Å². The Bertz CT molecular complexity index is 189. The van der Waals surface area contributed by atoms with Crippen molar-refractivity contribution in [1.29, 1.82) is 5.26 Å². The van der Waals surface area contributed by atoms with Gasteiger partial charge in [-0.2, -0.15) is 5.26 Å². The number of rotatable bonds is 9. The SMILES string of the molecule is CCCCCCCC(C)(C#N)OCCO. The molecule has 0 radical (unpaired) electrons. The van der Waals surface area contributed by atoms with E-state index in [4.69, 9.17) is 15.1 Å². The van der Waals surface area contributed by atoms with E-state index in [2.05, 4.69) is 13.0 Å². The summed E-state index contributed by atoms with van der Waals surface area (Å²) in [5.74, 6) is 0. The topological polar surface area (TPSA) is 53.2 Å². The van der Waals surface area contributed by atoms with Crippen LogP contribution in [0.25, 0.3) is 0 Å². The first-order valence-corrected chi connectivity index (χ1v) is 5.84. The van der Waals surface area contributed by atoms with Crippen molar-refractivity contribution >= 4 is 0 Å². The van der Waals surface area contributed by atoms with Crippen molar-refractivity contribution in [2.45, 2.75) is 58.0 Å². The second-order valence-electron chi connectivity index (χ2n) is 4.08. The van der Waals surface area contributed by atoms with Crippen LogP contribution in [-0.4, -0.2) is 23.9 Å². The number of nitriles is 1. The van der Waals surface area contributed by atoms with E-state index in [0.717, 1.165) is 19.3 Å². The average Bonchev–Trinajstić information content (AvgIpc) is 2.26. The molecule has 1 unspecified atom stereocenters. The van der Waals surface area contributed by atoms with Crippen molar-refractivity contribution in [3.05, 3.63) is 0 Å². The molecule has 0 aromatic heterocycles. The van der Waals surface area contributed by atoms with Crippen LogP contribution >= 0.6 is 0 Å². The molecule has 1 atom stereocenters. The molecular formula is C12H23NO2. The lowest BCUT2D eigenvalue weighted by Gasteiger charge is -2.21. The van der Waals surface area contributed by atoms with Crippen molar-refractivity contribution in [2.24, 2.45) is 0 Å². The molecule has 1 N–H and O–H groups in total. The van der Waals surface area contributed by atoms with Gasteiger partial charge in [0.1, 0.15) is 0 Å². The minimum Gasteiger partial charge on any atom is -0.394 e. The van der Waals surface area contributed by atoms with Crippen molar-refractivity contribution in [1.82, 2.24) is 0 Å². The monoisotopic (exact) mass is 213 g/mol. The number of aliphatic hydroxyl groups is 1. The minimum absolute atomic E-state index is 0.0207. The summed E-state index contributed by atoms with van der Waals surface area (Å²) in [6.45, 7) is 4.21. The van der Waals surface area contributed by atoms with E-state index >= 15 is 0 Å². The van der Waals surface area contributed by atoms with Crippen LogP contribution in [0.1, 0.15) is 52.4 Å². The molecule has 3 heteroatoms. The lowest BCUT2D eigenvalue weighted by Crippen LogP contribution is -2.28. The van der Waals surface area contributed by atoms with Gasteiger partial charge < -0.3 is 9.84 Å². The van der Waals surface area contributed by atoms with E-state index in [1.807, 2.05) is 0 Å². The zero-order valence-corrected chi connectivity index (χ0v) is 9.96. The van der Waals surface area contributed by atoms with Crippen molar-refractivity contribution < 1.29 is 9.84 Å². The van der Waals surface area contributed by atoms with Gasteiger partial charge in [-0.25, -0.2) is 0 Å². The zero-order valence-electron chi connectivity index (χ0n) is 9.96.